The second kappa shape index (κ2) is 6.21. The van der Waals surface area contributed by atoms with Gasteiger partial charge in [0.1, 0.15) is 10.7 Å². The average molecular weight is 356 g/mol. The van der Waals surface area contributed by atoms with Crippen LogP contribution >= 0.6 is 11.3 Å². The molecule has 4 rings (SSSR count). The first kappa shape index (κ1) is 15.6. The van der Waals surface area contributed by atoms with Gasteiger partial charge in [-0.05, 0) is 17.7 Å². The topological polar surface area (TPSA) is 69.5 Å². The van der Waals surface area contributed by atoms with E-state index in [1.165, 1.54) is 11.3 Å². The third kappa shape index (κ3) is 3.08. The van der Waals surface area contributed by atoms with Crippen molar-refractivity contribution in [1.29, 1.82) is 0 Å². The summed E-state index contributed by atoms with van der Waals surface area (Å²) in [4.78, 5) is 18.7. The van der Waals surface area contributed by atoms with E-state index in [1.807, 2.05) is 31.4 Å². The highest BCUT2D eigenvalue weighted by molar-refractivity contribution is 7.13. The van der Waals surface area contributed by atoms with E-state index in [1.54, 1.807) is 28.2 Å². The smallest absolute Gasteiger partial charge is 0.273 e. The number of carbonyl (C=O) groups excluding carboxylic acids is 1. The van der Waals surface area contributed by atoms with Crippen LogP contribution in [0.2, 0.25) is 0 Å². The molecule has 0 fully saturated rings. The maximum Gasteiger partial charge on any atom is 0.273 e. The van der Waals surface area contributed by atoms with Crippen LogP contribution in [-0.2, 0) is 13.6 Å². The lowest BCUT2D eigenvalue weighted by molar-refractivity contribution is 0.0780. The Morgan fingerprint density at radius 2 is 2.20 bits per heavy atom. The van der Waals surface area contributed by atoms with E-state index in [9.17, 15) is 4.79 Å². The number of ether oxygens (including phenoxy) is 2. The molecule has 1 aliphatic heterocycles. The van der Waals surface area contributed by atoms with Crippen LogP contribution in [0.5, 0.6) is 11.5 Å². The van der Waals surface area contributed by atoms with Gasteiger partial charge in [-0.2, -0.15) is 5.10 Å². The zero-order valence-electron chi connectivity index (χ0n) is 13.8. The Hall–Kier alpha value is -2.87. The highest BCUT2D eigenvalue weighted by Crippen LogP contribution is 2.33. The summed E-state index contributed by atoms with van der Waals surface area (Å²) in [6.07, 6.45) is 3.62. The third-order valence-electron chi connectivity index (χ3n) is 3.88. The number of amides is 1. The second-order valence-corrected chi connectivity index (χ2v) is 6.65. The number of aryl methyl sites for hydroxylation is 1. The number of fused-ring (bicyclic) bond motifs is 1. The molecular weight excluding hydrogens is 340 g/mol. The van der Waals surface area contributed by atoms with Gasteiger partial charge in [-0.1, -0.05) is 6.07 Å². The normalized spacial score (nSPS) is 12.4. The number of carbonyl (C=O) groups is 1. The largest absolute Gasteiger partial charge is 0.454 e. The Balaban J connectivity index is 1.48. The quantitative estimate of drug-likeness (QED) is 0.718. The van der Waals surface area contributed by atoms with E-state index >= 15 is 0 Å². The maximum atomic E-state index is 12.6. The molecule has 0 bridgehead atoms. The maximum absolute atomic E-state index is 12.6. The van der Waals surface area contributed by atoms with E-state index in [0.717, 1.165) is 21.9 Å². The van der Waals surface area contributed by atoms with Crippen LogP contribution in [0.25, 0.3) is 10.6 Å². The van der Waals surface area contributed by atoms with Gasteiger partial charge >= 0.3 is 0 Å². The van der Waals surface area contributed by atoms with Gasteiger partial charge in [0.05, 0.1) is 6.20 Å². The standard InChI is InChI=1S/C17H16N4O3S/c1-20(7-11-3-4-14-15(5-11)24-10-23-14)17(22)13-9-25-16(19-13)12-6-18-21(2)8-12/h3-6,8-9H,7,10H2,1-2H3. The van der Waals surface area contributed by atoms with Gasteiger partial charge in [-0.3, -0.25) is 9.48 Å². The first-order chi connectivity index (χ1) is 12.1. The van der Waals surface area contributed by atoms with E-state index in [2.05, 4.69) is 10.1 Å². The van der Waals surface area contributed by atoms with Crippen molar-refractivity contribution in [3.63, 3.8) is 0 Å². The van der Waals surface area contributed by atoms with Crippen molar-refractivity contribution in [2.45, 2.75) is 6.54 Å². The molecule has 1 aliphatic rings. The number of hydrogen-bond donors (Lipinski definition) is 0. The first-order valence-corrected chi connectivity index (χ1v) is 8.56. The third-order valence-corrected chi connectivity index (χ3v) is 4.77. The van der Waals surface area contributed by atoms with Crippen molar-refractivity contribution < 1.29 is 14.3 Å². The van der Waals surface area contributed by atoms with Gasteiger partial charge in [0, 0.05) is 37.8 Å². The summed E-state index contributed by atoms with van der Waals surface area (Å²) in [5.74, 6) is 1.33. The Bertz CT molecular complexity index is 934. The van der Waals surface area contributed by atoms with Gasteiger partial charge < -0.3 is 14.4 Å². The monoisotopic (exact) mass is 356 g/mol. The molecule has 3 heterocycles. The van der Waals surface area contributed by atoms with Crippen LogP contribution in [0.1, 0.15) is 16.1 Å². The lowest BCUT2D eigenvalue weighted by Crippen LogP contribution is -2.26. The van der Waals surface area contributed by atoms with Crippen LogP contribution in [0, 0.1) is 0 Å². The predicted octanol–water partition coefficient (Wildman–Crippen LogP) is 2.54. The summed E-state index contributed by atoms with van der Waals surface area (Å²) in [5.41, 5.74) is 2.32. The van der Waals surface area contributed by atoms with Crippen molar-refractivity contribution >= 4 is 17.2 Å². The molecule has 0 atom stereocenters. The number of thiazole rings is 1. The fraction of sp³-hybridized carbons (Fsp3) is 0.235. The molecule has 3 aromatic rings. The van der Waals surface area contributed by atoms with E-state index in [4.69, 9.17) is 9.47 Å². The van der Waals surface area contributed by atoms with Gasteiger partial charge in [0.15, 0.2) is 11.5 Å². The van der Waals surface area contributed by atoms with E-state index < -0.39 is 0 Å². The highest BCUT2D eigenvalue weighted by atomic mass is 32.1. The van der Waals surface area contributed by atoms with E-state index in [-0.39, 0.29) is 12.7 Å². The fourth-order valence-corrected chi connectivity index (χ4v) is 3.39. The van der Waals surface area contributed by atoms with Crippen molar-refractivity contribution in [3.05, 3.63) is 47.2 Å². The zero-order valence-corrected chi connectivity index (χ0v) is 14.6. The van der Waals surface area contributed by atoms with Crippen LogP contribution < -0.4 is 9.47 Å². The molecule has 0 spiro atoms. The zero-order chi connectivity index (χ0) is 17.4. The minimum Gasteiger partial charge on any atom is -0.454 e. The minimum atomic E-state index is -0.121. The summed E-state index contributed by atoms with van der Waals surface area (Å²) in [6.45, 7) is 0.707. The highest BCUT2D eigenvalue weighted by Gasteiger charge is 2.19. The Morgan fingerprint density at radius 1 is 1.36 bits per heavy atom. The molecule has 2 aromatic heterocycles. The molecule has 1 amide bonds. The van der Waals surface area contributed by atoms with Crippen LogP contribution in [0.15, 0.2) is 36.0 Å². The van der Waals surface area contributed by atoms with E-state index in [0.29, 0.717) is 18.0 Å². The van der Waals surface area contributed by atoms with Gasteiger partial charge in [0.25, 0.3) is 5.91 Å². The Morgan fingerprint density at radius 3 is 3.00 bits per heavy atom. The molecule has 0 aliphatic carbocycles. The number of aromatic nitrogens is 3. The average Bonchev–Trinajstić information content (AvgIpc) is 3.33. The SMILES string of the molecule is CN(Cc1ccc2c(c1)OCO2)C(=O)c1csc(-c2cnn(C)c2)n1. The Kier molecular flexibility index (Phi) is 3.89. The summed E-state index contributed by atoms with van der Waals surface area (Å²) >= 11 is 1.44. The molecule has 0 N–H and O–H groups in total. The van der Waals surface area contributed by atoms with Crippen molar-refractivity contribution in [2.24, 2.45) is 7.05 Å². The fourth-order valence-electron chi connectivity index (χ4n) is 2.62. The molecule has 1 aromatic carbocycles. The molecule has 7 nitrogen and oxygen atoms in total. The van der Waals surface area contributed by atoms with Gasteiger partial charge in [-0.15, -0.1) is 11.3 Å². The summed E-state index contributed by atoms with van der Waals surface area (Å²) in [7, 11) is 3.61. The van der Waals surface area contributed by atoms with Gasteiger partial charge in [0.2, 0.25) is 6.79 Å². The molecule has 0 saturated carbocycles. The lowest BCUT2D eigenvalue weighted by atomic mass is 10.2. The van der Waals surface area contributed by atoms with Crippen LogP contribution in [0.4, 0.5) is 0 Å². The number of benzene rings is 1. The molecular formula is C17H16N4O3S. The number of nitrogens with zero attached hydrogens (tertiary/aromatic N) is 4. The number of rotatable bonds is 4. The molecule has 8 heteroatoms. The molecule has 25 heavy (non-hydrogen) atoms. The minimum absolute atomic E-state index is 0.121. The van der Waals surface area contributed by atoms with Crippen molar-refractivity contribution in [2.75, 3.05) is 13.8 Å². The summed E-state index contributed by atoms with van der Waals surface area (Å²) < 4.78 is 12.4. The Labute approximate surface area is 148 Å². The predicted molar refractivity (Wildman–Crippen MR) is 92.7 cm³/mol. The first-order valence-electron chi connectivity index (χ1n) is 7.69. The van der Waals surface area contributed by atoms with Crippen molar-refractivity contribution in [1.82, 2.24) is 19.7 Å². The molecule has 0 unspecified atom stereocenters. The lowest BCUT2D eigenvalue weighted by Gasteiger charge is -2.16. The number of hydrogen-bond acceptors (Lipinski definition) is 6. The van der Waals surface area contributed by atoms with Gasteiger partial charge in [-0.25, -0.2) is 4.98 Å². The second-order valence-electron chi connectivity index (χ2n) is 5.79. The molecule has 0 saturated heterocycles. The summed E-state index contributed by atoms with van der Waals surface area (Å²) in [5, 5.41) is 6.70. The summed E-state index contributed by atoms with van der Waals surface area (Å²) in [6, 6.07) is 5.69. The molecule has 0 radical (unpaired) electrons. The molecule has 128 valence electrons. The van der Waals surface area contributed by atoms with Crippen molar-refractivity contribution in [3.8, 4) is 22.1 Å². The van der Waals surface area contributed by atoms with Crippen LogP contribution in [0.3, 0.4) is 0 Å². The van der Waals surface area contributed by atoms with Crippen LogP contribution in [-0.4, -0.2) is 39.4 Å².